The lowest BCUT2D eigenvalue weighted by Gasteiger charge is -2.13. The molecule has 0 unspecified atom stereocenters. The van der Waals surface area contributed by atoms with Crippen LogP contribution in [0.1, 0.15) is 33.9 Å². The summed E-state index contributed by atoms with van der Waals surface area (Å²) in [5.74, 6) is -1.43. The molecule has 3 N–H and O–H groups in total. The Labute approximate surface area is 171 Å². The van der Waals surface area contributed by atoms with Gasteiger partial charge in [-0.25, -0.2) is 13.4 Å². The number of nitrogens with one attached hydrogen (secondary N) is 3. The third-order valence-electron chi connectivity index (χ3n) is 5.20. The SMILES string of the molecule is [2H]C([2H])([2H])NC(=O)c1nnc(NC(=O)[C@@H]2CC23CC3)cc1Nc1ncccc1S(C)(=O)=O. The highest BCUT2D eigenvalue weighted by molar-refractivity contribution is 7.90. The van der Waals surface area contributed by atoms with E-state index in [1.165, 1.54) is 24.4 Å². The predicted molar refractivity (Wildman–Crippen MR) is 104 cm³/mol. The van der Waals surface area contributed by atoms with Gasteiger partial charge in [-0.05, 0) is 36.8 Å². The molecular formula is C18H20N6O4S. The van der Waals surface area contributed by atoms with Crippen LogP contribution in [0.2, 0.25) is 0 Å². The Bertz CT molecular complexity index is 1210. The molecule has 2 aromatic rings. The van der Waals surface area contributed by atoms with Gasteiger partial charge in [0.1, 0.15) is 10.7 Å². The Balaban J connectivity index is 1.67. The Morgan fingerprint density at radius 3 is 2.76 bits per heavy atom. The van der Waals surface area contributed by atoms with Crippen molar-refractivity contribution in [2.75, 3.05) is 23.9 Å². The largest absolute Gasteiger partial charge is 0.354 e. The Morgan fingerprint density at radius 2 is 2.10 bits per heavy atom. The second-order valence-corrected chi connectivity index (χ2v) is 9.29. The highest BCUT2D eigenvalue weighted by Crippen LogP contribution is 2.70. The van der Waals surface area contributed by atoms with Crippen LogP contribution in [-0.2, 0) is 14.6 Å². The maximum Gasteiger partial charge on any atom is 0.273 e. The van der Waals surface area contributed by atoms with E-state index in [1.54, 1.807) is 5.32 Å². The molecule has 11 heteroatoms. The molecule has 0 aliphatic heterocycles. The summed E-state index contributed by atoms with van der Waals surface area (Å²) in [6.45, 7) is -2.78. The van der Waals surface area contributed by atoms with E-state index in [0.29, 0.717) is 0 Å². The molecule has 1 atom stereocenters. The van der Waals surface area contributed by atoms with E-state index >= 15 is 0 Å². The normalized spacial score (nSPS) is 20.7. The third-order valence-corrected chi connectivity index (χ3v) is 6.32. The topological polar surface area (TPSA) is 143 Å². The number of hydrogen-bond acceptors (Lipinski definition) is 8. The summed E-state index contributed by atoms with van der Waals surface area (Å²) in [6.07, 6.45) is 5.20. The minimum atomic E-state index is -3.67. The van der Waals surface area contributed by atoms with Crippen molar-refractivity contribution in [2.24, 2.45) is 11.3 Å². The zero-order chi connectivity index (χ0) is 23.3. The lowest BCUT2D eigenvalue weighted by Crippen LogP contribution is -2.23. The molecule has 0 radical (unpaired) electrons. The standard InChI is InChI=1S/C18H20N6O4S/c1-19-17(26)14-11(21-15-12(29(2,27)28)4-3-7-20-15)8-13(23-24-14)22-16(25)10-9-18(10)5-6-18/h3-4,7-8,10H,5-6,9H2,1-2H3,(H,19,26)(H2,20,21,22,23,25)/t10-/m0/s1/i1D3. The molecular weight excluding hydrogens is 396 g/mol. The van der Waals surface area contributed by atoms with Crippen molar-refractivity contribution in [1.29, 1.82) is 0 Å². The molecule has 0 saturated heterocycles. The molecule has 29 heavy (non-hydrogen) atoms. The van der Waals surface area contributed by atoms with Gasteiger partial charge in [0.15, 0.2) is 21.3 Å². The van der Waals surface area contributed by atoms with Gasteiger partial charge < -0.3 is 16.0 Å². The predicted octanol–water partition coefficient (Wildman–Crippen LogP) is 1.12. The van der Waals surface area contributed by atoms with E-state index in [4.69, 9.17) is 4.11 Å². The van der Waals surface area contributed by atoms with Crippen LogP contribution in [0.15, 0.2) is 29.3 Å². The van der Waals surface area contributed by atoms with Crippen LogP contribution in [0.4, 0.5) is 17.3 Å². The summed E-state index contributed by atoms with van der Waals surface area (Å²) < 4.78 is 45.9. The van der Waals surface area contributed by atoms with E-state index in [2.05, 4.69) is 25.8 Å². The van der Waals surface area contributed by atoms with Gasteiger partial charge in [-0.3, -0.25) is 9.59 Å². The van der Waals surface area contributed by atoms with Gasteiger partial charge in [0.2, 0.25) is 5.91 Å². The highest BCUT2D eigenvalue weighted by atomic mass is 32.2. The Hall–Kier alpha value is -3.08. The minimum Gasteiger partial charge on any atom is -0.354 e. The quantitative estimate of drug-likeness (QED) is 0.632. The van der Waals surface area contributed by atoms with Crippen molar-refractivity contribution in [3.05, 3.63) is 30.1 Å². The van der Waals surface area contributed by atoms with E-state index in [1.807, 2.05) is 0 Å². The summed E-state index contributed by atoms with van der Waals surface area (Å²) in [6, 6.07) is 4.04. The molecule has 0 aromatic carbocycles. The summed E-state index contributed by atoms with van der Waals surface area (Å²) in [4.78, 5) is 28.8. The average molecular weight is 419 g/mol. The van der Waals surface area contributed by atoms with Crippen molar-refractivity contribution in [3.63, 3.8) is 0 Å². The average Bonchev–Trinajstić information content (AvgIpc) is 3.59. The highest BCUT2D eigenvalue weighted by Gasteiger charge is 2.65. The van der Waals surface area contributed by atoms with Crippen molar-refractivity contribution in [1.82, 2.24) is 20.5 Å². The first-order chi connectivity index (χ1) is 14.9. The first kappa shape index (κ1) is 15.8. The molecule has 2 fully saturated rings. The monoisotopic (exact) mass is 419 g/mol. The van der Waals surface area contributed by atoms with Crippen LogP contribution in [0, 0.1) is 11.3 Å². The number of hydrogen-bond donors (Lipinski definition) is 3. The molecule has 2 aromatic heterocycles. The zero-order valence-corrected chi connectivity index (χ0v) is 16.2. The number of nitrogens with zero attached hydrogens (tertiary/aromatic N) is 3. The number of rotatable bonds is 6. The number of sulfone groups is 1. The van der Waals surface area contributed by atoms with Gasteiger partial charge in [-0.2, -0.15) is 0 Å². The number of carbonyl (C=O) groups excluding carboxylic acids is 2. The van der Waals surface area contributed by atoms with Crippen LogP contribution in [-0.4, -0.2) is 48.6 Å². The second kappa shape index (κ2) is 6.76. The summed E-state index contributed by atoms with van der Waals surface area (Å²) in [5.41, 5.74) is -0.358. The number of anilines is 3. The molecule has 2 aliphatic rings. The lowest BCUT2D eigenvalue weighted by molar-refractivity contribution is -0.117. The fourth-order valence-corrected chi connectivity index (χ4v) is 4.11. The maximum absolute atomic E-state index is 12.5. The molecule has 2 amide bonds. The van der Waals surface area contributed by atoms with Crippen molar-refractivity contribution < 1.29 is 22.1 Å². The Kier molecular flexibility index (Phi) is 3.68. The van der Waals surface area contributed by atoms with Gasteiger partial charge >= 0.3 is 0 Å². The van der Waals surface area contributed by atoms with Gasteiger partial charge in [-0.1, -0.05) is 0 Å². The first-order valence-corrected chi connectivity index (χ1v) is 10.7. The molecule has 0 bridgehead atoms. The van der Waals surface area contributed by atoms with Crippen LogP contribution >= 0.6 is 0 Å². The second-order valence-electron chi connectivity index (χ2n) is 7.30. The third kappa shape index (κ3) is 3.77. The number of aromatic nitrogens is 3. The van der Waals surface area contributed by atoms with E-state index in [-0.39, 0.29) is 39.5 Å². The smallest absolute Gasteiger partial charge is 0.273 e. The van der Waals surface area contributed by atoms with E-state index in [0.717, 1.165) is 25.5 Å². The van der Waals surface area contributed by atoms with Crippen molar-refractivity contribution >= 4 is 39.0 Å². The number of amides is 2. The summed E-state index contributed by atoms with van der Waals surface area (Å²) >= 11 is 0. The van der Waals surface area contributed by atoms with Crippen molar-refractivity contribution in [3.8, 4) is 0 Å². The Morgan fingerprint density at radius 1 is 1.31 bits per heavy atom. The molecule has 2 heterocycles. The summed E-state index contributed by atoms with van der Waals surface area (Å²) in [5, 5.41) is 14.8. The zero-order valence-electron chi connectivity index (χ0n) is 18.4. The lowest BCUT2D eigenvalue weighted by atomic mass is 10.2. The molecule has 4 rings (SSSR count). The van der Waals surface area contributed by atoms with Crippen LogP contribution < -0.4 is 16.0 Å². The molecule has 152 valence electrons. The fourth-order valence-electron chi connectivity index (χ4n) is 3.33. The minimum absolute atomic E-state index is 0.0301. The van der Waals surface area contributed by atoms with Gasteiger partial charge in [0, 0.05) is 35.5 Å². The summed E-state index contributed by atoms with van der Waals surface area (Å²) in [7, 11) is -3.67. The van der Waals surface area contributed by atoms with E-state index < -0.39 is 28.4 Å². The van der Waals surface area contributed by atoms with Gasteiger partial charge in [0.05, 0.1) is 5.69 Å². The van der Waals surface area contributed by atoms with Crippen LogP contribution in [0.3, 0.4) is 0 Å². The van der Waals surface area contributed by atoms with Crippen molar-refractivity contribution in [2.45, 2.75) is 24.2 Å². The van der Waals surface area contributed by atoms with Crippen LogP contribution in [0.5, 0.6) is 0 Å². The van der Waals surface area contributed by atoms with E-state index in [9.17, 15) is 18.0 Å². The van der Waals surface area contributed by atoms with Crippen LogP contribution in [0.25, 0.3) is 0 Å². The molecule has 1 spiro atoms. The van der Waals surface area contributed by atoms with Gasteiger partial charge in [0.25, 0.3) is 5.91 Å². The number of pyridine rings is 1. The molecule has 10 nitrogen and oxygen atoms in total. The fraction of sp³-hybridized carbons (Fsp3) is 0.389. The maximum atomic E-state index is 12.5. The number of carbonyl (C=O) groups is 2. The molecule has 2 saturated carbocycles. The van der Waals surface area contributed by atoms with Gasteiger partial charge in [-0.15, -0.1) is 10.2 Å². The molecule has 2 aliphatic carbocycles. The first-order valence-electron chi connectivity index (χ1n) is 10.3.